The van der Waals surface area contributed by atoms with E-state index in [0.29, 0.717) is 25.6 Å². The van der Waals surface area contributed by atoms with Gasteiger partial charge in [0.1, 0.15) is 0 Å². The lowest BCUT2D eigenvalue weighted by molar-refractivity contribution is -0.145. The van der Waals surface area contributed by atoms with Crippen molar-refractivity contribution in [3.05, 3.63) is 63.1 Å². The predicted octanol–water partition coefficient (Wildman–Crippen LogP) is 5.45. The number of halogens is 1. The molecule has 0 atom stereocenters. The van der Waals surface area contributed by atoms with Crippen molar-refractivity contribution in [2.24, 2.45) is 5.92 Å². The first-order valence-electron chi connectivity index (χ1n) is 12.0. The van der Waals surface area contributed by atoms with Crippen molar-refractivity contribution < 1.29 is 9.59 Å². The summed E-state index contributed by atoms with van der Waals surface area (Å²) in [7, 11) is 1.82. The number of rotatable bonds is 10. The molecule has 0 bridgehead atoms. The number of hydrazine groups is 1. The molecule has 0 aliphatic carbocycles. The lowest BCUT2D eigenvalue weighted by Crippen LogP contribution is -2.48. The SMILES string of the molecule is C.Cc1cc(Br)cc(C)c1N(CC(=O)NCCCC(C)C)CC(=O)N(C)N1Cc2ccccc2C1. The summed E-state index contributed by atoms with van der Waals surface area (Å²) >= 11 is 3.55. The average Bonchev–Trinajstić information content (AvgIpc) is 3.19. The van der Waals surface area contributed by atoms with Gasteiger partial charge in [-0.25, -0.2) is 5.01 Å². The number of anilines is 1. The Labute approximate surface area is 219 Å². The number of amides is 2. The van der Waals surface area contributed by atoms with Gasteiger partial charge in [-0.05, 0) is 67.0 Å². The molecule has 0 saturated carbocycles. The van der Waals surface area contributed by atoms with Crippen LogP contribution in [0.15, 0.2) is 40.9 Å². The Morgan fingerprint density at radius 3 is 2.17 bits per heavy atom. The lowest BCUT2D eigenvalue weighted by Gasteiger charge is -2.32. The molecule has 0 unspecified atom stereocenters. The normalized spacial score (nSPS) is 12.8. The molecular weight excluding hydrogens is 504 g/mol. The molecule has 35 heavy (non-hydrogen) atoms. The van der Waals surface area contributed by atoms with E-state index in [2.05, 4.69) is 52.2 Å². The first-order valence-corrected chi connectivity index (χ1v) is 12.8. The maximum absolute atomic E-state index is 13.4. The molecule has 2 amide bonds. The summed E-state index contributed by atoms with van der Waals surface area (Å²) in [5.41, 5.74) is 5.50. The number of fused-ring (bicyclic) bond motifs is 1. The van der Waals surface area contributed by atoms with Gasteiger partial charge in [0.25, 0.3) is 5.91 Å². The van der Waals surface area contributed by atoms with Crippen molar-refractivity contribution in [1.82, 2.24) is 15.3 Å². The molecule has 0 aromatic heterocycles. The zero-order valence-corrected chi connectivity index (χ0v) is 22.6. The first kappa shape index (κ1) is 28.9. The second-order valence-electron chi connectivity index (χ2n) is 9.64. The van der Waals surface area contributed by atoms with E-state index in [1.807, 2.05) is 50.1 Å². The van der Waals surface area contributed by atoms with E-state index in [1.165, 1.54) is 11.1 Å². The fourth-order valence-corrected chi connectivity index (χ4v) is 5.22. The molecule has 0 radical (unpaired) electrons. The van der Waals surface area contributed by atoms with Gasteiger partial charge in [0, 0.05) is 36.8 Å². The Bertz CT molecular complexity index is 976. The summed E-state index contributed by atoms with van der Waals surface area (Å²) in [6.45, 7) is 10.8. The highest BCUT2D eigenvalue weighted by Gasteiger charge is 2.27. The molecule has 0 spiro atoms. The van der Waals surface area contributed by atoms with Crippen molar-refractivity contribution in [2.45, 2.75) is 61.1 Å². The smallest absolute Gasteiger partial charge is 0.256 e. The van der Waals surface area contributed by atoms with E-state index in [4.69, 9.17) is 0 Å². The zero-order valence-electron chi connectivity index (χ0n) is 21.0. The fourth-order valence-electron chi connectivity index (χ4n) is 4.53. The van der Waals surface area contributed by atoms with E-state index in [-0.39, 0.29) is 32.3 Å². The Kier molecular flexibility index (Phi) is 10.8. The molecule has 0 fully saturated rings. The number of nitrogens with zero attached hydrogens (tertiary/aromatic N) is 3. The number of likely N-dealkylation sites (N-methyl/N-ethyl adjacent to an activating group) is 1. The summed E-state index contributed by atoms with van der Waals surface area (Å²) in [4.78, 5) is 28.1. The molecule has 0 saturated heterocycles. The Balaban J connectivity index is 0.00000432. The number of carbonyl (C=O) groups excluding carboxylic acids is 2. The van der Waals surface area contributed by atoms with Gasteiger partial charge >= 0.3 is 0 Å². The van der Waals surface area contributed by atoms with Gasteiger partial charge < -0.3 is 10.2 Å². The van der Waals surface area contributed by atoms with Crippen LogP contribution in [0.5, 0.6) is 0 Å². The van der Waals surface area contributed by atoms with E-state index in [1.54, 1.807) is 5.01 Å². The highest BCUT2D eigenvalue weighted by molar-refractivity contribution is 9.10. The van der Waals surface area contributed by atoms with Crippen LogP contribution >= 0.6 is 15.9 Å². The van der Waals surface area contributed by atoms with Gasteiger partial charge in [-0.2, -0.15) is 0 Å². The van der Waals surface area contributed by atoms with Crippen LogP contribution in [0.2, 0.25) is 0 Å². The number of hydrogen-bond donors (Lipinski definition) is 1. The van der Waals surface area contributed by atoms with Crippen molar-refractivity contribution in [1.29, 1.82) is 0 Å². The molecule has 3 rings (SSSR count). The van der Waals surface area contributed by atoms with Gasteiger partial charge in [-0.3, -0.25) is 14.6 Å². The Morgan fingerprint density at radius 2 is 1.63 bits per heavy atom. The molecule has 2 aromatic rings. The fraction of sp³-hybridized carbons (Fsp3) is 0.500. The summed E-state index contributed by atoms with van der Waals surface area (Å²) in [5, 5.41) is 6.79. The Morgan fingerprint density at radius 1 is 1.06 bits per heavy atom. The summed E-state index contributed by atoms with van der Waals surface area (Å²) in [6, 6.07) is 12.3. The number of aryl methyl sites for hydroxylation is 2. The molecule has 1 aliphatic heterocycles. The standard InChI is InChI=1S/C27H37BrN4O2.CH4/c1-19(2)9-8-12-29-25(33)17-31(27-20(3)13-24(28)14-21(27)4)18-26(34)30(5)32-15-22-10-6-7-11-23(22)16-32;/h6-7,10-11,13-14,19H,8-9,12,15-18H2,1-5H3,(H,29,33);1H4. The summed E-state index contributed by atoms with van der Waals surface area (Å²) in [5.74, 6) is 0.517. The minimum absolute atomic E-state index is 0. The quantitative estimate of drug-likeness (QED) is 0.404. The maximum atomic E-state index is 13.4. The zero-order chi connectivity index (χ0) is 24.8. The summed E-state index contributed by atoms with van der Waals surface area (Å²) < 4.78 is 0.989. The van der Waals surface area contributed by atoms with Crippen LogP contribution in [0, 0.1) is 19.8 Å². The third kappa shape index (κ3) is 7.80. The third-order valence-electron chi connectivity index (χ3n) is 6.32. The molecule has 192 valence electrons. The van der Waals surface area contributed by atoms with Crippen LogP contribution in [0.3, 0.4) is 0 Å². The molecule has 1 N–H and O–H groups in total. The second kappa shape index (κ2) is 13.1. The molecule has 1 heterocycles. The number of nitrogens with one attached hydrogen (secondary N) is 1. The van der Waals surface area contributed by atoms with E-state index >= 15 is 0 Å². The van der Waals surface area contributed by atoms with Crippen LogP contribution in [0.4, 0.5) is 5.69 Å². The van der Waals surface area contributed by atoms with Crippen LogP contribution < -0.4 is 10.2 Å². The van der Waals surface area contributed by atoms with Gasteiger partial charge in [0.15, 0.2) is 0 Å². The third-order valence-corrected chi connectivity index (χ3v) is 6.78. The predicted molar refractivity (Wildman–Crippen MR) is 148 cm³/mol. The van der Waals surface area contributed by atoms with Crippen molar-refractivity contribution in [3.8, 4) is 0 Å². The highest BCUT2D eigenvalue weighted by Crippen LogP contribution is 2.29. The number of carbonyl (C=O) groups is 2. The van der Waals surface area contributed by atoms with Crippen LogP contribution in [-0.4, -0.2) is 48.5 Å². The maximum Gasteiger partial charge on any atom is 0.256 e. The van der Waals surface area contributed by atoms with Crippen LogP contribution in [-0.2, 0) is 22.7 Å². The monoisotopic (exact) mass is 544 g/mol. The average molecular weight is 546 g/mol. The van der Waals surface area contributed by atoms with Crippen molar-refractivity contribution in [3.63, 3.8) is 0 Å². The van der Waals surface area contributed by atoms with E-state index in [9.17, 15) is 9.59 Å². The molecular formula is C28H41BrN4O2. The van der Waals surface area contributed by atoms with E-state index < -0.39 is 0 Å². The number of hydrogen-bond acceptors (Lipinski definition) is 4. The molecule has 1 aliphatic rings. The van der Waals surface area contributed by atoms with E-state index in [0.717, 1.165) is 34.1 Å². The van der Waals surface area contributed by atoms with Gasteiger partial charge in [0.2, 0.25) is 5.91 Å². The first-order chi connectivity index (χ1) is 16.2. The largest absolute Gasteiger partial charge is 0.355 e. The van der Waals surface area contributed by atoms with Crippen molar-refractivity contribution in [2.75, 3.05) is 31.6 Å². The van der Waals surface area contributed by atoms with Gasteiger partial charge in [-0.15, -0.1) is 0 Å². The second-order valence-corrected chi connectivity index (χ2v) is 10.6. The van der Waals surface area contributed by atoms with Gasteiger partial charge in [0.05, 0.1) is 13.1 Å². The minimum atomic E-state index is -0.0606. The highest BCUT2D eigenvalue weighted by atomic mass is 79.9. The minimum Gasteiger partial charge on any atom is -0.355 e. The molecule has 6 nitrogen and oxygen atoms in total. The van der Waals surface area contributed by atoms with Crippen LogP contribution in [0.1, 0.15) is 56.4 Å². The molecule has 7 heteroatoms. The Hall–Kier alpha value is -2.38. The molecule has 2 aromatic carbocycles. The van der Waals surface area contributed by atoms with Crippen molar-refractivity contribution >= 4 is 33.4 Å². The number of benzene rings is 2. The lowest BCUT2D eigenvalue weighted by atomic mass is 10.1. The van der Waals surface area contributed by atoms with Crippen LogP contribution in [0.25, 0.3) is 0 Å². The topological polar surface area (TPSA) is 55.9 Å². The summed E-state index contributed by atoms with van der Waals surface area (Å²) in [6.07, 6.45) is 2.04. The van der Waals surface area contributed by atoms with Gasteiger partial charge in [-0.1, -0.05) is 61.5 Å².